The monoisotopic (exact) mass is 262 g/mol. The lowest BCUT2D eigenvalue weighted by Crippen LogP contribution is -2.41. The third-order valence-electron chi connectivity index (χ3n) is 4.62. The highest BCUT2D eigenvalue weighted by Crippen LogP contribution is 2.40. The van der Waals surface area contributed by atoms with Gasteiger partial charge >= 0.3 is 7.12 Å². The molecule has 5 heteroatoms. The van der Waals surface area contributed by atoms with E-state index in [1.807, 2.05) is 4.68 Å². The van der Waals surface area contributed by atoms with Crippen molar-refractivity contribution >= 4 is 12.7 Å². The predicted molar refractivity (Wildman–Crippen MR) is 75.6 cm³/mol. The average molecular weight is 262 g/mol. The van der Waals surface area contributed by atoms with Crippen LogP contribution in [-0.2, 0) is 15.9 Å². The van der Waals surface area contributed by atoms with Crippen molar-refractivity contribution in [2.75, 3.05) is 0 Å². The summed E-state index contributed by atoms with van der Waals surface area (Å²) < 4.78 is 14.3. The second-order valence-corrected chi connectivity index (χ2v) is 6.67. The summed E-state index contributed by atoms with van der Waals surface area (Å²) in [5, 5.41) is 4.69. The lowest BCUT2D eigenvalue weighted by atomic mass is 9.84. The summed E-state index contributed by atoms with van der Waals surface area (Å²) in [5.41, 5.74) is 1.68. The van der Waals surface area contributed by atoms with E-state index < -0.39 is 0 Å². The Labute approximate surface area is 115 Å². The van der Waals surface area contributed by atoms with Gasteiger partial charge in [0.15, 0.2) is 0 Å². The van der Waals surface area contributed by atoms with E-state index >= 15 is 0 Å². The van der Waals surface area contributed by atoms with Crippen LogP contribution in [0, 0.1) is 0 Å². The molecule has 1 saturated heterocycles. The Kier molecular flexibility index (Phi) is 2.84. The normalized spacial score (nSPS) is 25.0. The molecule has 2 heterocycles. The van der Waals surface area contributed by atoms with Gasteiger partial charge in [-0.25, -0.2) is 0 Å². The van der Waals surface area contributed by atoms with Crippen LogP contribution in [0.1, 0.15) is 59.1 Å². The first kappa shape index (κ1) is 13.2. The van der Waals surface area contributed by atoms with E-state index in [0.29, 0.717) is 5.92 Å². The molecule has 1 aromatic heterocycles. The maximum Gasteiger partial charge on any atom is 0.514 e. The van der Waals surface area contributed by atoms with Gasteiger partial charge < -0.3 is 9.31 Å². The fraction of sp³-hybridized carbons (Fsp3) is 0.786. The van der Waals surface area contributed by atoms with Crippen LogP contribution in [0.3, 0.4) is 0 Å². The number of aryl methyl sites for hydroxylation is 1. The molecule has 1 saturated carbocycles. The summed E-state index contributed by atoms with van der Waals surface area (Å²) in [6, 6.07) is 2.17. The molecule has 0 unspecified atom stereocenters. The fourth-order valence-electron chi connectivity index (χ4n) is 2.44. The molecule has 1 aromatic rings. The summed E-state index contributed by atoms with van der Waals surface area (Å²) in [5.74, 6) is 0.661. The van der Waals surface area contributed by atoms with Crippen molar-refractivity contribution in [1.29, 1.82) is 0 Å². The third-order valence-corrected chi connectivity index (χ3v) is 4.62. The topological polar surface area (TPSA) is 36.3 Å². The maximum atomic E-state index is 6.12. The second-order valence-electron chi connectivity index (χ2n) is 6.67. The van der Waals surface area contributed by atoms with E-state index in [1.54, 1.807) is 0 Å². The first-order chi connectivity index (χ1) is 8.84. The van der Waals surface area contributed by atoms with Crippen molar-refractivity contribution in [1.82, 2.24) is 9.78 Å². The van der Waals surface area contributed by atoms with Crippen molar-refractivity contribution in [2.45, 2.75) is 71.1 Å². The highest BCUT2D eigenvalue weighted by Gasteiger charge is 2.53. The average Bonchev–Trinajstić information content (AvgIpc) is 3.02. The predicted octanol–water partition coefficient (Wildman–Crippen LogP) is 2.08. The van der Waals surface area contributed by atoms with Crippen LogP contribution in [0.5, 0.6) is 0 Å². The van der Waals surface area contributed by atoms with Crippen LogP contribution in [0.4, 0.5) is 0 Å². The minimum absolute atomic E-state index is 0.291. The zero-order valence-electron chi connectivity index (χ0n) is 12.6. The molecule has 0 atom stereocenters. The highest BCUT2D eigenvalue weighted by molar-refractivity contribution is 6.61. The molecule has 1 aliphatic carbocycles. The smallest absolute Gasteiger partial charge is 0.398 e. The van der Waals surface area contributed by atoms with E-state index in [4.69, 9.17) is 9.31 Å². The molecule has 1 aliphatic heterocycles. The second kappa shape index (κ2) is 4.09. The molecule has 104 valence electrons. The van der Waals surface area contributed by atoms with Crippen molar-refractivity contribution in [3.05, 3.63) is 11.8 Å². The van der Waals surface area contributed by atoms with Gasteiger partial charge in [0, 0.05) is 12.5 Å². The molecule has 0 amide bonds. The largest absolute Gasteiger partial charge is 0.514 e. The fourth-order valence-corrected chi connectivity index (χ4v) is 2.44. The van der Waals surface area contributed by atoms with Gasteiger partial charge in [-0.3, -0.25) is 4.68 Å². The zero-order chi connectivity index (χ0) is 13.8. The Morgan fingerprint density at radius 2 is 1.84 bits per heavy atom. The van der Waals surface area contributed by atoms with Crippen LogP contribution < -0.4 is 5.59 Å². The molecular weight excluding hydrogens is 239 g/mol. The molecule has 0 radical (unpaired) electrons. The number of aromatic nitrogens is 2. The van der Waals surface area contributed by atoms with Crippen LogP contribution in [0.2, 0.25) is 0 Å². The number of hydrogen-bond acceptors (Lipinski definition) is 3. The summed E-state index contributed by atoms with van der Waals surface area (Å²) >= 11 is 0. The molecule has 0 bridgehead atoms. The summed E-state index contributed by atoms with van der Waals surface area (Å²) in [7, 11) is -0.301. The molecule has 4 nitrogen and oxygen atoms in total. The quantitative estimate of drug-likeness (QED) is 0.782. The van der Waals surface area contributed by atoms with Gasteiger partial charge in [0.25, 0.3) is 0 Å². The lowest BCUT2D eigenvalue weighted by molar-refractivity contribution is 0.00578. The van der Waals surface area contributed by atoms with Gasteiger partial charge in [0.2, 0.25) is 0 Å². The van der Waals surface area contributed by atoms with E-state index in [0.717, 1.165) is 12.1 Å². The van der Waals surface area contributed by atoms with Crippen molar-refractivity contribution < 1.29 is 9.31 Å². The molecule has 0 spiro atoms. The lowest BCUT2D eigenvalue weighted by Gasteiger charge is -2.32. The van der Waals surface area contributed by atoms with Crippen molar-refractivity contribution in [3.63, 3.8) is 0 Å². The third kappa shape index (κ3) is 2.13. The van der Waals surface area contributed by atoms with Gasteiger partial charge in [0.1, 0.15) is 0 Å². The van der Waals surface area contributed by atoms with Gasteiger partial charge in [0.05, 0.1) is 22.5 Å². The molecule has 0 N–H and O–H groups in total. The van der Waals surface area contributed by atoms with Crippen molar-refractivity contribution in [2.24, 2.45) is 0 Å². The Balaban J connectivity index is 1.90. The molecule has 2 fully saturated rings. The summed E-state index contributed by atoms with van der Waals surface area (Å²) in [6.45, 7) is 11.3. The minimum atomic E-state index is -0.301. The molecule has 0 aromatic carbocycles. The molecular formula is C14H23BN2O2. The number of hydrogen-bond donors (Lipinski definition) is 0. The number of rotatable bonds is 3. The van der Waals surface area contributed by atoms with Crippen LogP contribution >= 0.6 is 0 Å². The van der Waals surface area contributed by atoms with E-state index in [-0.39, 0.29) is 18.3 Å². The molecule has 19 heavy (non-hydrogen) atoms. The summed E-state index contributed by atoms with van der Waals surface area (Å²) in [4.78, 5) is 0. The van der Waals surface area contributed by atoms with Crippen molar-refractivity contribution in [3.8, 4) is 0 Å². The van der Waals surface area contributed by atoms with Crippen LogP contribution in [0.15, 0.2) is 6.07 Å². The van der Waals surface area contributed by atoms with E-state index in [2.05, 4.69) is 45.8 Å². The molecule has 3 rings (SSSR count). The Morgan fingerprint density at radius 3 is 2.32 bits per heavy atom. The zero-order valence-corrected chi connectivity index (χ0v) is 12.6. The Morgan fingerprint density at radius 1 is 1.26 bits per heavy atom. The first-order valence-electron chi connectivity index (χ1n) is 7.27. The van der Waals surface area contributed by atoms with Crippen LogP contribution in [-0.4, -0.2) is 28.1 Å². The summed E-state index contributed by atoms with van der Waals surface area (Å²) in [6.07, 6.45) is 2.53. The van der Waals surface area contributed by atoms with E-state index in [9.17, 15) is 0 Å². The van der Waals surface area contributed by atoms with Gasteiger partial charge in [-0.15, -0.1) is 0 Å². The molecule has 2 aliphatic rings. The van der Waals surface area contributed by atoms with E-state index in [1.165, 1.54) is 18.5 Å². The SMILES string of the molecule is CCn1nc(C2CC2)cc1B1OC(C)(C)C(C)(C)O1. The maximum absolute atomic E-state index is 6.12. The van der Waals surface area contributed by atoms with Gasteiger partial charge in [-0.05, 0) is 53.5 Å². The standard InChI is InChI=1S/C14H23BN2O2/c1-6-17-12(9-11(16-17)10-7-8-10)15-18-13(2,3)14(4,5)19-15/h9-10H,6-8H2,1-5H3. The van der Waals surface area contributed by atoms with Gasteiger partial charge in [-0.2, -0.15) is 5.10 Å². The van der Waals surface area contributed by atoms with Gasteiger partial charge in [-0.1, -0.05) is 0 Å². The number of nitrogens with zero attached hydrogens (tertiary/aromatic N) is 2. The minimum Gasteiger partial charge on any atom is -0.398 e. The Hall–Kier alpha value is -0.805. The van der Waals surface area contributed by atoms with Crippen LogP contribution in [0.25, 0.3) is 0 Å². The first-order valence-corrected chi connectivity index (χ1v) is 7.27. The Bertz CT molecular complexity index is 476. The highest BCUT2D eigenvalue weighted by atomic mass is 16.7.